The minimum atomic E-state index is -0.860. The monoisotopic (exact) mass is 573 g/mol. The summed E-state index contributed by atoms with van der Waals surface area (Å²) in [5.74, 6) is 0.0448. The van der Waals surface area contributed by atoms with Crippen LogP contribution in [0.25, 0.3) is 11.0 Å². The quantitative estimate of drug-likeness (QED) is 0.235. The number of anilines is 4. The van der Waals surface area contributed by atoms with Crippen molar-refractivity contribution in [3.63, 3.8) is 0 Å². The Morgan fingerprint density at radius 3 is 2.76 bits per heavy atom. The lowest BCUT2D eigenvalue weighted by atomic mass is 9.94. The SMILES string of the molecule is CCCN1CCC(N2CCc3cc(OC)c(Nc4nc(Nc5cccc(F)c5C(N)=O)c5cc[nH]c5[nH+]4)cc3C2)CC1. The van der Waals surface area contributed by atoms with Crippen LogP contribution in [0, 0.1) is 5.82 Å². The van der Waals surface area contributed by atoms with Gasteiger partial charge in [0.1, 0.15) is 11.5 Å². The first-order chi connectivity index (χ1) is 20.4. The van der Waals surface area contributed by atoms with Crippen LogP contribution in [0.2, 0.25) is 0 Å². The molecule has 10 nitrogen and oxygen atoms in total. The molecule has 220 valence electrons. The minimum absolute atomic E-state index is 0.220. The van der Waals surface area contributed by atoms with Crippen LogP contribution in [0.5, 0.6) is 5.75 Å². The summed E-state index contributed by atoms with van der Waals surface area (Å²) in [5, 5.41) is 7.24. The summed E-state index contributed by atoms with van der Waals surface area (Å²) in [6.07, 6.45) is 6.40. The molecule has 0 saturated carbocycles. The normalized spacial score (nSPS) is 16.4. The molecule has 1 saturated heterocycles. The van der Waals surface area contributed by atoms with E-state index in [1.54, 1.807) is 19.4 Å². The van der Waals surface area contributed by atoms with Crippen molar-refractivity contribution in [3.8, 4) is 5.75 Å². The number of primary amides is 1. The lowest BCUT2D eigenvalue weighted by molar-refractivity contribution is -0.333. The van der Waals surface area contributed by atoms with E-state index in [1.165, 1.54) is 62.2 Å². The Morgan fingerprint density at radius 2 is 2.00 bits per heavy atom. The highest BCUT2D eigenvalue weighted by atomic mass is 19.1. The van der Waals surface area contributed by atoms with Crippen LogP contribution >= 0.6 is 0 Å². The first-order valence-corrected chi connectivity index (χ1v) is 14.6. The molecule has 4 aromatic rings. The molecule has 11 heteroatoms. The third-order valence-electron chi connectivity index (χ3n) is 8.41. The van der Waals surface area contributed by atoms with Crippen LogP contribution in [0.4, 0.5) is 27.5 Å². The molecule has 2 aliphatic heterocycles. The number of methoxy groups -OCH3 is 1. The van der Waals surface area contributed by atoms with Crippen LogP contribution < -0.4 is 26.1 Å². The number of hydrogen-bond acceptors (Lipinski definition) is 7. The fourth-order valence-corrected chi connectivity index (χ4v) is 6.29. The number of nitrogens with one attached hydrogen (secondary N) is 4. The second-order valence-electron chi connectivity index (χ2n) is 11.1. The van der Waals surface area contributed by atoms with E-state index in [2.05, 4.69) is 49.5 Å². The van der Waals surface area contributed by atoms with Crippen LogP contribution in [0.15, 0.2) is 42.6 Å². The summed E-state index contributed by atoms with van der Waals surface area (Å²) in [5.41, 5.74) is 9.57. The van der Waals surface area contributed by atoms with E-state index in [0.29, 0.717) is 23.5 Å². The number of nitrogens with zero attached hydrogens (tertiary/aromatic N) is 3. The standard InChI is InChI=1S/C31H37FN8O2/c1-3-12-39-13-9-21(10-14-39)40-15-8-19-17-26(42-2)25(16-20(19)18-40)36-31-37-29-22(7-11-34-29)30(38-31)35-24-6-4-5-23(32)27(24)28(33)41/h4-7,11,16-17,21H,3,8-10,12-15,18H2,1-2H3,(H2,33,41)(H3,34,35,36,37,38)/p+1. The Balaban J connectivity index is 1.27. The Bertz CT molecular complexity index is 1600. The Morgan fingerprint density at radius 1 is 1.17 bits per heavy atom. The third kappa shape index (κ3) is 5.62. The summed E-state index contributed by atoms with van der Waals surface area (Å²) in [4.78, 5) is 28.4. The zero-order chi connectivity index (χ0) is 29.2. The number of H-pyrrole nitrogens is 2. The molecule has 2 aliphatic rings. The van der Waals surface area contributed by atoms with E-state index in [-0.39, 0.29) is 11.3 Å². The molecule has 0 spiro atoms. The molecule has 6 N–H and O–H groups in total. The largest absolute Gasteiger partial charge is 0.493 e. The predicted molar refractivity (Wildman–Crippen MR) is 161 cm³/mol. The van der Waals surface area contributed by atoms with Crippen LogP contribution in [0.3, 0.4) is 0 Å². The van der Waals surface area contributed by atoms with Crippen molar-refractivity contribution in [1.82, 2.24) is 19.8 Å². The maximum absolute atomic E-state index is 14.4. The van der Waals surface area contributed by atoms with E-state index >= 15 is 0 Å². The maximum atomic E-state index is 14.4. The average Bonchev–Trinajstić information content (AvgIpc) is 3.46. The highest BCUT2D eigenvalue weighted by Crippen LogP contribution is 2.35. The van der Waals surface area contributed by atoms with Gasteiger partial charge in [-0.3, -0.25) is 20.0 Å². The number of piperidine rings is 1. The van der Waals surface area contributed by atoms with Gasteiger partial charge < -0.3 is 20.7 Å². The van der Waals surface area contributed by atoms with Crippen molar-refractivity contribution in [3.05, 3.63) is 65.1 Å². The fraction of sp³-hybridized carbons (Fsp3) is 0.387. The molecule has 2 aromatic carbocycles. The van der Waals surface area contributed by atoms with Crippen molar-refractivity contribution in [2.45, 2.75) is 45.2 Å². The zero-order valence-corrected chi connectivity index (χ0v) is 24.1. The Hall–Kier alpha value is -4.22. The lowest BCUT2D eigenvalue weighted by Crippen LogP contribution is -2.46. The van der Waals surface area contributed by atoms with Crippen LogP contribution in [0.1, 0.15) is 47.7 Å². The predicted octanol–water partition coefficient (Wildman–Crippen LogP) is 4.34. The number of aromatic nitrogens is 3. The van der Waals surface area contributed by atoms with Crippen molar-refractivity contribution in [1.29, 1.82) is 0 Å². The van der Waals surface area contributed by atoms with Crippen LogP contribution in [-0.2, 0) is 13.0 Å². The summed E-state index contributed by atoms with van der Waals surface area (Å²) in [6.45, 7) is 7.75. The minimum Gasteiger partial charge on any atom is -0.493 e. The van der Waals surface area contributed by atoms with E-state index in [4.69, 9.17) is 15.5 Å². The number of nitrogens with two attached hydrogens (primary N) is 1. The summed E-state index contributed by atoms with van der Waals surface area (Å²) in [7, 11) is 1.67. The first kappa shape index (κ1) is 27.9. The molecular formula is C31H38FN8O2+. The van der Waals surface area contributed by atoms with Gasteiger partial charge in [-0.15, -0.1) is 0 Å². The molecule has 0 atom stereocenters. The van der Waals surface area contributed by atoms with Gasteiger partial charge in [0.15, 0.2) is 5.75 Å². The van der Waals surface area contributed by atoms with Gasteiger partial charge >= 0.3 is 5.95 Å². The van der Waals surface area contributed by atoms with Gasteiger partial charge in [-0.2, -0.15) is 0 Å². The van der Waals surface area contributed by atoms with Crippen molar-refractivity contribution in [2.24, 2.45) is 5.73 Å². The van der Waals surface area contributed by atoms with Gasteiger partial charge in [-0.1, -0.05) is 18.0 Å². The molecule has 1 amide bonds. The molecule has 6 rings (SSSR count). The van der Waals surface area contributed by atoms with Crippen molar-refractivity contribution < 1.29 is 18.9 Å². The molecule has 0 unspecified atom stereocenters. The maximum Gasteiger partial charge on any atom is 0.351 e. The smallest absolute Gasteiger partial charge is 0.351 e. The Labute approximate surface area is 244 Å². The summed E-state index contributed by atoms with van der Waals surface area (Å²) in [6, 6.07) is 11.0. The third-order valence-corrected chi connectivity index (χ3v) is 8.41. The summed E-state index contributed by atoms with van der Waals surface area (Å²) >= 11 is 0. The number of ether oxygens (including phenoxy) is 1. The van der Waals surface area contributed by atoms with E-state index in [9.17, 15) is 9.18 Å². The molecule has 0 bridgehead atoms. The van der Waals surface area contributed by atoms with Crippen molar-refractivity contribution >= 4 is 40.1 Å². The van der Waals surface area contributed by atoms with Gasteiger partial charge in [-0.05, 0) is 86.8 Å². The van der Waals surface area contributed by atoms with E-state index in [0.717, 1.165) is 36.3 Å². The lowest BCUT2D eigenvalue weighted by Gasteiger charge is -2.40. The molecule has 0 aliphatic carbocycles. The first-order valence-electron chi connectivity index (χ1n) is 14.6. The molecule has 1 fully saturated rings. The zero-order valence-electron chi connectivity index (χ0n) is 24.1. The number of hydrogen-bond donors (Lipinski definition) is 4. The number of amides is 1. The number of halogens is 1. The second kappa shape index (κ2) is 11.9. The van der Waals surface area contributed by atoms with E-state index in [1.807, 2.05) is 6.07 Å². The van der Waals surface area contributed by atoms with Gasteiger partial charge in [-0.25, -0.2) is 9.37 Å². The van der Waals surface area contributed by atoms with Gasteiger partial charge in [0.25, 0.3) is 5.91 Å². The van der Waals surface area contributed by atoms with E-state index < -0.39 is 11.7 Å². The van der Waals surface area contributed by atoms with Gasteiger partial charge in [0, 0.05) is 25.3 Å². The molecule has 42 heavy (non-hydrogen) atoms. The van der Waals surface area contributed by atoms with Crippen molar-refractivity contribution in [2.75, 3.05) is 43.9 Å². The number of carbonyl (C=O) groups excluding carboxylic acids is 1. The van der Waals surface area contributed by atoms with Gasteiger partial charge in [0.2, 0.25) is 11.5 Å². The topological polar surface area (TPSA) is 126 Å². The molecule has 4 heterocycles. The Kier molecular flexibility index (Phi) is 7.94. The number of benzene rings is 2. The highest BCUT2D eigenvalue weighted by molar-refractivity contribution is 6.00. The number of rotatable bonds is 9. The average molecular weight is 574 g/mol. The molecular weight excluding hydrogens is 535 g/mol. The summed E-state index contributed by atoms with van der Waals surface area (Å²) < 4.78 is 20.2. The molecule has 2 aromatic heterocycles. The fourth-order valence-electron chi connectivity index (χ4n) is 6.29. The van der Waals surface area contributed by atoms with Gasteiger partial charge in [0.05, 0.1) is 23.7 Å². The number of aromatic amines is 2. The number of fused-ring (bicyclic) bond motifs is 2. The second-order valence-corrected chi connectivity index (χ2v) is 11.1. The number of likely N-dealkylation sites (tertiary alicyclic amines) is 1. The highest BCUT2D eigenvalue weighted by Gasteiger charge is 2.28. The molecule has 0 radical (unpaired) electrons. The van der Waals surface area contributed by atoms with Crippen LogP contribution in [-0.4, -0.2) is 65.0 Å². The number of carbonyl (C=O) groups is 1.